The first-order chi connectivity index (χ1) is 16.2. The van der Waals surface area contributed by atoms with Gasteiger partial charge >= 0.3 is 0 Å². The molecule has 3 aliphatic rings. The predicted molar refractivity (Wildman–Crippen MR) is 137 cm³/mol. The number of nitrogens with two attached hydrogens (primary N) is 1. The fourth-order valence-electron chi connectivity index (χ4n) is 5.24. The van der Waals surface area contributed by atoms with Crippen molar-refractivity contribution in [3.63, 3.8) is 0 Å². The van der Waals surface area contributed by atoms with Crippen molar-refractivity contribution in [3.05, 3.63) is 41.9 Å². The average molecular weight is 479 g/mol. The van der Waals surface area contributed by atoms with Crippen molar-refractivity contribution >= 4 is 40.7 Å². The number of aryl methyl sites for hydroxylation is 1. The molecular formula is C26H31ClN6O. The second kappa shape index (κ2) is 9.47. The smallest absolute Gasteiger partial charge is 0.228 e. The van der Waals surface area contributed by atoms with Crippen LogP contribution in [0.15, 0.2) is 30.6 Å². The highest BCUT2D eigenvalue weighted by Crippen LogP contribution is 2.38. The molecule has 1 amide bonds. The quantitative estimate of drug-likeness (QED) is 0.543. The molecule has 0 bridgehead atoms. The first-order valence-corrected chi connectivity index (χ1v) is 12.2. The Morgan fingerprint density at radius 1 is 1.06 bits per heavy atom. The molecule has 1 saturated heterocycles. The van der Waals surface area contributed by atoms with Crippen LogP contribution in [0, 0.1) is 5.92 Å². The van der Waals surface area contributed by atoms with Crippen LogP contribution in [0.2, 0.25) is 0 Å². The van der Waals surface area contributed by atoms with Gasteiger partial charge in [0.15, 0.2) is 0 Å². The molecule has 3 aromatic rings. The molecule has 34 heavy (non-hydrogen) atoms. The molecule has 8 heteroatoms. The summed E-state index contributed by atoms with van der Waals surface area (Å²) in [6.07, 6.45) is 10.3. The summed E-state index contributed by atoms with van der Waals surface area (Å²) in [4.78, 5) is 28.5. The maximum absolute atomic E-state index is 12.2. The van der Waals surface area contributed by atoms with E-state index < -0.39 is 0 Å². The second-order valence-corrected chi connectivity index (χ2v) is 9.73. The summed E-state index contributed by atoms with van der Waals surface area (Å²) >= 11 is 0. The molecule has 7 nitrogen and oxygen atoms in total. The van der Waals surface area contributed by atoms with Crippen molar-refractivity contribution in [2.24, 2.45) is 11.7 Å². The highest BCUT2D eigenvalue weighted by atomic mass is 35.5. The number of halogens is 1. The number of fused-ring (bicyclic) bond motifs is 2. The minimum atomic E-state index is 0. The van der Waals surface area contributed by atoms with E-state index in [-0.39, 0.29) is 30.3 Å². The van der Waals surface area contributed by atoms with Gasteiger partial charge in [0.1, 0.15) is 12.1 Å². The fourth-order valence-corrected chi connectivity index (χ4v) is 5.24. The number of anilines is 2. The van der Waals surface area contributed by atoms with Gasteiger partial charge in [-0.2, -0.15) is 0 Å². The third-order valence-corrected chi connectivity index (χ3v) is 7.18. The molecule has 3 N–H and O–H groups in total. The van der Waals surface area contributed by atoms with Gasteiger partial charge in [-0.3, -0.25) is 9.78 Å². The molecule has 0 unspecified atom stereocenters. The second-order valence-electron chi connectivity index (χ2n) is 9.73. The largest absolute Gasteiger partial charge is 0.369 e. The molecule has 2 aliphatic carbocycles. The number of rotatable bonds is 4. The van der Waals surface area contributed by atoms with Crippen LogP contribution in [0.25, 0.3) is 22.2 Å². The number of carbonyl (C=O) groups is 1. The number of benzene rings is 1. The number of nitrogens with one attached hydrogen (secondary N) is 1. The van der Waals surface area contributed by atoms with E-state index in [1.807, 2.05) is 6.07 Å². The Morgan fingerprint density at radius 3 is 2.71 bits per heavy atom. The fraction of sp³-hybridized carbons (Fsp3) is 0.462. The highest BCUT2D eigenvalue weighted by Gasteiger charge is 2.30. The summed E-state index contributed by atoms with van der Waals surface area (Å²) in [5, 5.41) is 4.11. The lowest BCUT2D eigenvalue weighted by atomic mass is 9.98. The summed E-state index contributed by atoms with van der Waals surface area (Å²) in [6.45, 7) is 1.88. The molecule has 6 rings (SSSR count). The predicted octanol–water partition coefficient (Wildman–Crippen LogP) is 4.27. The van der Waals surface area contributed by atoms with Crippen molar-refractivity contribution in [2.45, 2.75) is 57.4 Å². The van der Waals surface area contributed by atoms with E-state index >= 15 is 0 Å². The molecule has 0 radical (unpaired) electrons. The molecule has 2 aromatic heterocycles. The maximum atomic E-state index is 12.2. The van der Waals surface area contributed by atoms with Crippen LogP contribution in [0.4, 0.5) is 11.5 Å². The van der Waals surface area contributed by atoms with Crippen LogP contribution in [0.1, 0.15) is 49.8 Å². The van der Waals surface area contributed by atoms with Crippen LogP contribution in [-0.2, 0) is 17.6 Å². The normalized spacial score (nSPS) is 19.9. The van der Waals surface area contributed by atoms with Gasteiger partial charge in [0.25, 0.3) is 0 Å². The van der Waals surface area contributed by atoms with Crippen molar-refractivity contribution < 1.29 is 4.79 Å². The van der Waals surface area contributed by atoms with Gasteiger partial charge in [0, 0.05) is 47.8 Å². The minimum Gasteiger partial charge on any atom is -0.369 e. The first-order valence-electron chi connectivity index (χ1n) is 12.2. The Balaban J connectivity index is 0.00000241. The lowest BCUT2D eigenvalue weighted by molar-refractivity contribution is -0.117. The Kier molecular flexibility index (Phi) is 6.40. The lowest BCUT2D eigenvalue weighted by Crippen LogP contribution is -2.27. The van der Waals surface area contributed by atoms with Crippen molar-refractivity contribution in [1.29, 1.82) is 0 Å². The van der Waals surface area contributed by atoms with Crippen LogP contribution < -0.4 is 16.0 Å². The minimum absolute atomic E-state index is 0. The number of amides is 1. The number of pyridine rings is 1. The monoisotopic (exact) mass is 478 g/mol. The molecule has 1 saturated carbocycles. The molecular weight excluding hydrogens is 448 g/mol. The summed E-state index contributed by atoms with van der Waals surface area (Å²) in [6, 6.07) is 8.48. The number of carbonyl (C=O) groups excluding carboxylic acids is 1. The molecule has 1 aromatic carbocycles. The van der Waals surface area contributed by atoms with Gasteiger partial charge in [0.2, 0.25) is 5.91 Å². The standard InChI is InChI=1S/C26H30N6O.ClH/c27-18-10-11-32(14-18)25-19-4-2-1-3-5-21(19)30-22-9-8-17(12-20(22)25)23-13-24(29-15-28-23)31-26(33)16-6-7-16;/h8-9,12-13,15-16,18H,1-7,10-11,14,27H2,(H,28,29,31,33);1H/t18-;/m0./s1. The van der Waals surface area contributed by atoms with E-state index in [9.17, 15) is 4.79 Å². The summed E-state index contributed by atoms with van der Waals surface area (Å²) in [7, 11) is 0. The van der Waals surface area contributed by atoms with Gasteiger partial charge in [-0.1, -0.05) is 12.5 Å². The van der Waals surface area contributed by atoms with Crippen molar-refractivity contribution in [3.8, 4) is 11.3 Å². The zero-order valence-electron chi connectivity index (χ0n) is 19.3. The van der Waals surface area contributed by atoms with E-state index in [0.717, 1.165) is 62.0 Å². The molecule has 2 fully saturated rings. The third-order valence-electron chi connectivity index (χ3n) is 7.18. The zero-order valence-corrected chi connectivity index (χ0v) is 20.1. The maximum Gasteiger partial charge on any atom is 0.228 e. The van der Waals surface area contributed by atoms with E-state index in [2.05, 4.69) is 38.4 Å². The van der Waals surface area contributed by atoms with E-state index in [0.29, 0.717) is 5.82 Å². The number of hydrogen-bond donors (Lipinski definition) is 2. The SMILES string of the molecule is Cl.N[C@H]1CCN(c2c3c(nc4ccc(-c5cc(NC(=O)C6CC6)ncn5)cc24)CCCCC3)C1. The third kappa shape index (κ3) is 4.46. The van der Waals surface area contributed by atoms with Gasteiger partial charge in [-0.05, 0) is 62.6 Å². The number of hydrogen-bond acceptors (Lipinski definition) is 6. The Hall–Kier alpha value is -2.77. The van der Waals surface area contributed by atoms with Crippen molar-refractivity contribution in [1.82, 2.24) is 15.0 Å². The Labute approximate surface area is 206 Å². The number of aromatic nitrogens is 3. The van der Waals surface area contributed by atoms with Gasteiger partial charge in [0.05, 0.1) is 16.9 Å². The molecule has 178 valence electrons. The van der Waals surface area contributed by atoms with E-state index in [4.69, 9.17) is 10.7 Å². The molecule has 3 heterocycles. The number of nitrogens with zero attached hydrogens (tertiary/aromatic N) is 4. The van der Waals surface area contributed by atoms with E-state index in [1.54, 1.807) is 0 Å². The Morgan fingerprint density at radius 2 is 1.91 bits per heavy atom. The summed E-state index contributed by atoms with van der Waals surface area (Å²) in [5.74, 6) is 0.750. The zero-order chi connectivity index (χ0) is 22.4. The average Bonchev–Trinajstić information content (AvgIpc) is 3.62. The van der Waals surface area contributed by atoms with Crippen LogP contribution in [0.3, 0.4) is 0 Å². The Bertz CT molecular complexity index is 1230. The molecule has 1 aliphatic heterocycles. The van der Waals surface area contributed by atoms with Crippen LogP contribution >= 0.6 is 12.4 Å². The summed E-state index contributed by atoms with van der Waals surface area (Å²) < 4.78 is 0. The van der Waals surface area contributed by atoms with Gasteiger partial charge < -0.3 is 16.0 Å². The highest BCUT2D eigenvalue weighted by molar-refractivity contribution is 5.97. The van der Waals surface area contributed by atoms with Gasteiger partial charge in [-0.25, -0.2) is 9.97 Å². The molecule has 1 atom stereocenters. The first kappa shape index (κ1) is 23.0. The van der Waals surface area contributed by atoms with Crippen LogP contribution in [0.5, 0.6) is 0 Å². The van der Waals surface area contributed by atoms with Gasteiger partial charge in [-0.15, -0.1) is 12.4 Å². The molecule has 0 spiro atoms. The summed E-state index contributed by atoms with van der Waals surface area (Å²) in [5.41, 5.74) is 13.1. The lowest BCUT2D eigenvalue weighted by Gasteiger charge is -2.25. The van der Waals surface area contributed by atoms with E-state index in [1.165, 1.54) is 47.9 Å². The van der Waals surface area contributed by atoms with Crippen LogP contribution in [-0.4, -0.2) is 40.0 Å². The topological polar surface area (TPSA) is 97.0 Å². The van der Waals surface area contributed by atoms with Crippen molar-refractivity contribution in [2.75, 3.05) is 23.3 Å².